The van der Waals surface area contributed by atoms with Gasteiger partial charge in [-0.05, 0) is 13.0 Å². The number of nitrogens with zero attached hydrogens (tertiary/aromatic N) is 4. The molecule has 132 valence electrons. The predicted octanol–water partition coefficient (Wildman–Crippen LogP) is 1.03. The van der Waals surface area contributed by atoms with Crippen molar-refractivity contribution >= 4 is 5.91 Å². The van der Waals surface area contributed by atoms with Gasteiger partial charge in [-0.2, -0.15) is 18.3 Å². The molecule has 1 atom stereocenters. The van der Waals surface area contributed by atoms with Crippen LogP contribution in [0.4, 0.5) is 13.2 Å². The Morgan fingerprint density at radius 1 is 1.38 bits per heavy atom. The van der Waals surface area contributed by atoms with Crippen molar-refractivity contribution in [1.82, 2.24) is 24.6 Å². The van der Waals surface area contributed by atoms with Crippen molar-refractivity contribution in [3.8, 4) is 0 Å². The average molecular weight is 345 g/mol. The molecule has 2 aromatic rings. The first kappa shape index (κ1) is 18.0. The van der Waals surface area contributed by atoms with Crippen LogP contribution in [-0.2, 0) is 19.7 Å². The Labute approximate surface area is 136 Å². The molecule has 2 N–H and O–H groups in total. The van der Waals surface area contributed by atoms with E-state index in [1.54, 1.807) is 14.0 Å². The van der Waals surface area contributed by atoms with Crippen molar-refractivity contribution in [3.05, 3.63) is 35.7 Å². The highest BCUT2D eigenvalue weighted by Crippen LogP contribution is 2.40. The van der Waals surface area contributed by atoms with E-state index in [0.29, 0.717) is 5.69 Å². The summed E-state index contributed by atoms with van der Waals surface area (Å²) in [5.41, 5.74) is -2.32. The fraction of sp³-hybridized carbons (Fsp3) is 0.500. The molecule has 0 saturated heterocycles. The first-order valence-corrected chi connectivity index (χ1v) is 7.12. The van der Waals surface area contributed by atoms with E-state index < -0.39 is 29.9 Å². The van der Waals surface area contributed by atoms with Crippen molar-refractivity contribution in [1.29, 1.82) is 0 Å². The van der Waals surface area contributed by atoms with Crippen LogP contribution in [0.5, 0.6) is 0 Å². The highest BCUT2D eigenvalue weighted by atomic mass is 19.4. The molecule has 24 heavy (non-hydrogen) atoms. The topological polar surface area (TPSA) is 85.0 Å². The second kappa shape index (κ2) is 6.27. The number of rotatable bonds is 5. The summed E-state index contributed by atoms with van der Waals surface area (Å²) < 4.78 is 42.4. The molecule has 0 radical (unpaired) electrons. The fourth-order valence-corrected chi connectivity index (χ4v) is 2.42. The molecule has 0 fully saturated rings. The molecule has 0 aliphatic carbocycles. The number of carbonyl (C=O) groups excluding carboxylic acids is 1. The summed E-state index contributed by atoms with van der Waals surface area (Å²) in [6.45, 7) is 1.31. The third-order valence-corrected chi connectivity index (χ3v) is 3.67. The lowest BCUT2D eigenvalue weighted by atomic mass is 9.97. The maximum Gasteiger partial charge on any atom is 0.424 e. The van der Waals surface area contributed by atoms with Gasteiger partial charge in [0.1, 0.15) is 11.5 Å². The average Bonchev–Trinajstić information content (AvgIpc) is 3.03. The van der Waals surface area contributed by atoms with Gasteiger partial charge in [-0.25, -0.2) is 4.98 Å². The maximum atomic E-state index is 13.3. The molecule has 1 unspecified atom stereocenters. The van der Waals surface area contributed by atoms with Gasteiger partial charge in [0.2, 0.25) is 5.60 Å². The van der Waals surface area contributed by atoms with Crippen LogP contribution < -0.4 is 5.32 Å². The van der Waals surface area contributed by atoms with E-state index in [2.05, 4.69) is 15.4 Å². The van der Waals surface area contributed by atoms with Gasteiger partial charge in [0.25, 0.3) is 5.91 Å². The number of imidazole rings is 1. The molecular weight excluding hydrogens is 327 g/mol. The summed E-state index contributed by atoms with van der Waals surface area (Å²) >= 11 is 0. The van der Waals surface area contributed by atoms with E-state index in [4.69, 9.17) is 0 Å². The van der Waals surface area contributed by atoms with E-state index in [1.165, 1.54) is 30.2 Å². The van der Waals surface area contributed by atoms with Crippen LogP contribution in [0.1, 0.15) is 28.4 Å². The molecule has 1 amide bonds. The molecule has 10 heteroatoms. The van der Waals surface area contributed by atoms with E-state index in [9.17, 15) is 23.1 Å². The number of aryl methyl sites for hydroxylation is 3. The van der Waals surface area contributed by atoms with Crippen LogP contribution in [0.15, 0.2) is 18.5 Å². The summed E-state index contributed by atoms with van der Waals surface area (Å²) in [6, 6.07) is 1.52. The molecule has 0 saturated carbocycles. The normalized spacial score (nSPS) is 14.5. The van der Waals surface area contributed by atoms with Crippen molar-refractivity contribution in [3.63, 3.8) is 0 Å². The summed E-state index contributed by atoms with van der Waals surface area (Å²) in [5, 5.41) is 16.5. The quantitative estimate of drug-likeness (QED) is 0.848. The molecule has 2 rings (SSSR count). The van der Waals surface area contributed by atoms with E-state index in [0.717, 1.165) is 4.57 Å². The first-order chi connectivity index (χ1) is 11.1. The molecule has 2 heterocycles. The van der Waals surface area contributed by atoms with Gasteiger partial charge in [-0.15, -0.1) is 0 Å². The Morgan fingerprint density at radius 2 is 2.04 bits per heavy atom. The number of aromatic nitrogens is 4. The highest BCUT2D eigenvalue weighted by Gasteiger charge is 2.57. The minimum Gasteiger partial charge on any atom is -0.374 e. The minimum absolute atomic E-state index is 0.222. The van der Waals surface area contributed by atoms with E-state index >= 15 is 0 Å². The number of amides is 1. The number of alkyl halides is 3. The minimum atomic E-state index is -4.93. The number of hydrogen-bond acceptors (Lipinski definition) is 4. The fourth-order valence-electron chi connectivity index (χ4n) is 2.42. The monoisotopic (exact) mass is 345 g/mol. The Hall–Kier alpha value is -2.36. The molecule has 2 aromatic heterocycles. The lowest BCUT2D eigenvalue weighted by Crippen LogP contribution is -2.46. The smallest absolute Gasteiger partial charge is 0.374 e. The SMILES string of the molecule is Cc1cc(C(=O)NCCC(O)(c2nccn2C)C(F)(F)F)n(C)n1. The van der Waals surface area contributed by atoms with Crippen LogP contribution in [0.3, 0.4) is 0 Å². The number of hydrogen-bond donors (Lipinski definition) is 2. The largest absolute Gasteiger partial charge is 0.424 e. The molecule has 0 aliphatic rings. The van der Waals surface area contributed by atoms with Crippen LogP contribution in [0, 0.1) is 6.92 Å². The lowest BCUT2D eigenvalue weighted by molar-refractivity contribution is -0.272. The second-order valence-corrected chi connectivity index (χ2v) is 5.52. The molecule has 0 aromatic carbocycles. The number of nitrogens with one attached hydrogen (secondary N) is 1. The third-order valence-electron chi connectivity index (χ3n) is 3.67. The van der Waals surface area contributed by atoms with Crippen LogP contribution in [-0.4, -0.2) is 43.1 Å². The van der Waals surface area contributed by atoms with Gasteiger partial charge in [-0.3, -0.25) is 9.48 Å². The third kappa shape index (κ3) is 3.28. The zero-order valence-corrected chi connectivity index (χ0v) is 13.4. The summed E-state index contributed by atoms with van der Waals surface area (Å²) in [5.74, 6) is -1.09. The van der Waals surface area contributed by atoms with Crippen molar-refractivity contribution < 1.29 is 23.1 Å². The Morgan fingerprint density at radius 3 is 2.50 bits per heavy atom. The zero-order valence-electron chi connectivity index (χ0n) is 13.4. The highest BCUT2D eigenvalue weighted by molar-refractivity contribution is 5.92. The summed E-state index contributed by atoms with van der Waals surface area (Å²) in [4.78, 5) is 15.6. The van der Waals surface area contributed by atoms with E-state index in [1.807, 2.05) is 0 Å². The van der Waals surface area contributed by atoms with Gasteiger partial charge in [0.05, 0.1) is 5.69 Å². The van der Waals surface area contributed by atoms with E-state index in [-0.39, 0.29) is 12.2 Å². The number of carbonyl (C=O) groups is 1. The van der Waals surface area contributed by atoms with Gasteiger partial charge >= 0.3 is 6.18 Å². The van der Waals surface area contributed by atoms with Crippen molar-refractivity contribution in [2.75, 3.05) is 6.54 Å². The summed E-state index contributed by atoms with van der Waals surface area (Å²) in [6.07, 6.45) is -3.21. The van der Waals surface area contributed by atoms with Gasteiger partial charge in [0, 0.05) is 39.5 Å². The number of halogens is 3. The zero-order chi connectivity index (χ0) is 18.1. The van der Waals surface area contributed by atoms with Crippen molar-refractivity contribution in [2.45, 2.75) is 25.1 Å². The van der Waals surface area contributed by atoms with Crippen LogP contribution >= 0.6 is 0 Å². The van der Waals surface area contributed by atoms with Gasteiger partial charge in [0.15, 0.2) is 0 Å². The summed E-state index contributed by atoms with van der Waals surface area (Å²) in [7, 11) is 2.91. The molecule has 0 aliphatic heterocycles. The molecular formula is C14H18F3N5O2. The van der Waals surface area contributed by atoms with Gasteiger partial charge < -0.3 is 15.0 Å². The molecule has 0 spiro atoms. The van der Waals surface area contributed by atoms with Crippen molar-refractivity contribution in [2.24, 2.45) is 14.1 Å². The first-order valence-electron chi connectivity index (χ1n) is 7.12. The molecule has 7 nitrogen and oxygen atoms in total. The van der Waals surface area contributed by atoms with Gasteiger partial charge in [-0.1, -0.05) is 0 Å². The lowest BCUT2D eigenvalue weighted by Gasteiger charge is -2.29. The standard InChI is InChI=1S/C14H18F3N5O2/c1-9-8-10(22(3)20-9)11(23)18-5-4-13(24,14(15,16)17)12-19-6-7-21(12)2/h6-8,24H,4-5H2,1-3H3,(H,18,23). The van der Waals surface area contributed by atoms with Crippen LogP contribution in [0.25, 0.3) is 0 Å². The Bertz CT molecular complexity index is 737. The Kier molecular flexibility index (Phi) is 4.70. The van der Waals surface area contributed by atoms with Crippen LogP contribution in [0.2, 0.25) is 0 Å². The predicted molar refractivity (Wildman–Crippen MR) is 78.1 cm³/mol. The molecule has 0 bridgehead atoms. The second-order valence-electron chi connectivity index (χ2n) is 5.52. The number of aliphatic hydroxyl groups is 1. The maximum absolute atomic E-state index is 13.3. The Balaban J connectivity index is 2.11.